The van der Waals surface area contributed by atoms with Gasteiger partial charge in [0.25, 0.3) is 0 Å². The predicted octanol–water partition coefficient (Wildman–Crippen LogP) is 1.16. The molecule has 0 aliphatic heterocycles. The normalized spacial score (nSPS) is 27.5. The number of amidine groups is 1. The van der Waals surface area contributed by atoms with Crippen LogP contribution in [-0.4, -0.2) is 10.9 Å². The molecule has 0 aromatic heterocycles. The van der Waals surface area contributed by atoms with Gasteiger partial charge in [0, 0.05) is 12.2 Å². The third-order valence-corrected chi connectivity index (χ3v) is 2.78. The summed E-state index contributed by atoms with van der Waals surface area (Å²) >= 11 is 1.38. The summed E-state index contributed by atoms with van der Waals surface area (Å²) in [5.74, 6) is 2.15. The smallest absolute Gasteiger partial charge is 0.151 e. The maximum absolute atomic E-state index is 8.35. The molecule has 0 spiro atoms. The van der Waals surface area contributed by atoms with E-state index in [4.69, 9.17) is 16.4 Å². The highest BCUT2D eigenvalue weighted by Gasteiger charge is 2.36. The molecule has 0 heterocycles. The number of rotatable bonds is 3. The summed E-state index contributed by atoms with van der Waals surface area (Å²) in [5.41, 5.74) is 5.17. The van der Waals surface area contributed by atoms with Gasteiger partial charge in [-0.2, -0.15) is 5.26 Å². The minimum absolute atomic E-state index is 0.188. The van der Waals surface area contributed by atoms with Crippen LogP contribution in [0, 0.1) is 28.6 Å². The molecule has 3 N–H and O–H groups in total. The number of hydrogen-bond acceptors (Lipinski definition) is 3. The first-order chi connectivity index (χ1) is 5.24. The van der Waals surface area contributed by atoms with Gasteiger partial charge in [0.05, 0.1) is 6.07 Å². The van der Waals surface area contributed by atoms with Gasteiger partial charge in [0.15, 0.2) is 5.17 Å². The van der Waals surface area contributed by atoms with Crippen molar-refractivity contribution < 1.29 is 0 Å². The van der Waals surface area contributed by atoms with Crippen LogP contribution in [-0.2, 0) is 0 Å². The molecule has 0 bridgehead atoms. The van der Waals surface area contributed by atoms with E-state index in [9.17, 15) is 0 Å². The zero-order chi connectivity index (χ0) is 8.27. The zero-order valence-electron chi connectivity index (χ0n) is 6.21. The van der Waals surface area contributed by atoms with Gasteiger partial charge in [-0.05, 0) is 18.3 Å². The Kier molecular flexibility index (Phi) is 2.77. The number of hydrogen-bond donors (Lipinski definition) is 2. The maximum Gasteiger partial charge on any atom is 0.151 e. The van der Waals surface area contributed by atoms with Crippen LogP contribution in [0.3, 0.4) is 0 Å². The Labute approximate surface area is 70.5 Å². The highest BCUT2D eigenvalue weighted by atomic mass is 32.2. The molecule has 1 fully saturated rings. The van der Waals surface area contributed by atoms with E-state index in [1.807, 2.05) is 0 Å². The highest BCUT2D eigenvalue weighted by Crippen LogP contribution is 2.42. The zero-order valence-corrected chi connectivity index (χ0v) is 7.03. The van der Waals surface area contributed by atoms with E-state index < -0.39 is 0 Å². The van der Waals surface area contributed by atoms with Crippen molar-refractivity contribution in [1.82, 2.24) is 0 Å². The molecule has 0 amide bonds. The molecule has 2 unspecified atom stereocenters. The molecule has 0 aromatic rings. The molecule has 1 aliphatic carbocycles. The maximum atomic E-state index is 8.35. The fourth-order valence-electron chi connectivity index (χ4n) is 1.08. The van der Waals surface area contributed by atoms with Crippen LogP contribution in [0.15, 0.2) is 0 Å². The Morgan fingerprint density at radius 1 is 1.73 bits per heavy atom. The Balaban J connectivity index is 2.05. The van der Waals surface area contributed by atoms with Crippen molar-refractivity contribution in [1.29, 1.82) is 10.7 Å². The Bertz CT molecular complexity index is 196. The Morgan fingerprint density at radius 3 is 3.00 bits per heavy atom. The summed E-state index contributed by atoms with van der Waals surface area (Å²) in [6.45, 7) is 0. The molecule has 1 aliphatic rings. The summed E-state index contributed by atoms with van der Waals surface area (Å²) in [6, 6.07) is 2.15. The third kappa shape index (κ3) is 2.81. The van der Waals surface area contributed by atoms with Crippen LogP contribution in [0.25, 0.3) is 0 Å². The molecular formula is C7H11N3S. The monoisotopic (exact) mass is 169 g/mol. The van der Waals surface area contributed by atoms with Crippen molar-refractivity contribution in [2.75, 3.05) is 5.75 Å². The summed E-state index contributed by atoms with van der Waals surface area (Å²) in [6.07, 6.45) is 1.82. The second-order valence-corrected chi connectivity index (χ2v) is 3.86. The van der Waals surface area contributed by atoms with Gasteiger partial charge in [-0.3, -0.25) is 5.41 Å². The molecule has 4 heteroatoms. The first-order valence-electron chi connectivity index (χ1n) is 3.57. The average molecular weight is 169 g/mol. The van der Waals surface area contributed by atoms with Crippen LogP contribution in [0.5, 0.6) is 0 Å². The van der Waals surface area contributed by atoms with Crippen molar-refractivity contribution >= 4 is 16.9 Å². The second kappa shape index (κ2) is 3.63. The number of nitrogens with two attached hydrogens (primary N) is 1. The highest BCUT2D eigenvalue weighted by molar-refractivity contribution is 8.13. The molecule has 0 saturated heterocycles. The average Bonchev–Trinajstić information content (AvgIpc) is 2.64. The summed E-state index contributed by atoms with van der Waals surface area (Å²) in [7, 11) is 0. The van der Waals surface area contributed by atoms with Crippen molar-refractivity contribution in [2.45, 2.75) is 12.8 Å². The van der Waals surface area contributed by atoms with Crippen LogP contribution >= 0.6 is 11.8 Å². The summed E-state index contributed by atoms with van der Waals surface area (Å²) < 4.78 is 0. The van der Waals surface area contributed by atoms with Crippen LogP contribution in [0.1, 0.15) is 12.8 Å². The molecule has 1 rings (SSSR count). The van der Waals surface area contributed by atoms with E-state index in [1.54, 1.807) is 0 Å². The molecule has 3 nitrogen and oxygen atoms in total. The van der Waals surface area contributed by atoms with E-state index in [-0.39, 0.29) is 5.17 Å². The summed E-state index contributed by atoms with van der Waals surface area (Å²) in [4.78, 5) is 0. The van der Waals surface area contributed by atoms with Gasteiger partial charge in [-0.25, -0.2) is 0 Å². The lowest BCUT2D eigenvalue weighted by molar-refractivity contribution is 0.781. The van der Waals surface area contributed by atoms with Gasteiger partial charge >= 0.3 is 0 Å². The fraction of sp³-hybridized carbons (Fsp3) is 0.714. The van der Waals surface area contributed by atoms with Gasteiger partial charge in [0.2, 0.25) is 0 Å². The number of nitrogens with zero attached hydrogens (tertiary/aromatic N) is 1. The van der Waals surface area contributed by atoms with Gasteiger partial charge < -0.3 is 5.73 Å². The lowest BCUT2D eigenvalue weighted by atomic mass is 10.3. The van der Waals surface area contributed by atoms with E-state index >= 15 is 0 Å². The molecule has 0 aromatic carbocycles. The number of nitriles is 1. The molecule has 11 heavy (non-hydrogen) atoms. The van der Waals surface area contributed by atoms with E-state index in [0.29, 0.717) is 18.3 Å². The van der Waals surface area contributed by atoms with Gasteiger partial charge in [-0.15, -0.1) is 0 Å². The topological polar surface area (TPSA) is 73.7 Å². The lowest BCUT2D eigenvalue weighted by Gasteiger charge is -1.94. The Morgan fingerprint density at radius 2 is 2.45 bits per heavy atom. The SMILES string of the molecule is N#CCC1CC1CSC(=N)N. The lowest BCUT2D eigenvalue weighted by Crippen LogP contribution is -2.05. The quantitative estimate of drug-likeness (QED) is 0.492. The molecule has 60 valence electrons. The molecule has 2 atom stereocenters. The van der Waals surface area contributed by atoms with Crippen molar-refractivity contribution in [3.63, 3.8) is 0 Å². The predicted molar refractivity (Wildman–Crippen MR) is 46.2 cm³/mol. The summed E-state index contributed by atoms with van der Waals surface area (Å²) in [5, 5.41) is 15.5. The molecule has 0 radical (unpaired) electrons. The van der Waals surface area contributed by atoms with Crippen molar-refractivity contribution in [3.05, 3.63) is 0 Å². The fourth-order valence-corrected chi connectivity index (χ4v) is 1.88. The number of nitrogens with one attached hydrogen (secondary N) is 1. The second-order valence-electron chi connectivity index (χ2n) is 2.79. The van der Waals surface area contributed by atoms with Crippen molar-refractivity contribution in [2.24, 2.45) is 17.6 Å². The largest absolute Gasteiger partial charge is 0.379 e. The Hall–Kier alpha value is -0.690. The molecular weight excluding hydrogens is 158 g/mol. The first-order valence-corrected chi connectivity index (χ1v) is 4.56. The number of thioether (sulfide) groups is 1. The van der Waals surface area contributed by atoms with Crippen LogP contribution < -0.4 is 5.73 Å². The van der Waals surface area contributed by atoms with Crippen LogP contribution in [0.2, 0.25) is 0 Å². The van der Waals surface area contributed by atoms with Gasteiger partial charge in [-0.1, -0.05) is 11.8 Å². The van der Waals surface area contributed by atoms with E-state index in [2.05, 4.69) is 6.07 Å². The third-order valence-electron chi connectivity index (χ3n) is 1.88. The standard InChI is InChI=1S/C7H11N3S/c8-2-1-5-3-6(5)4-11-7(9)10/h5-6H,1,3-4H2,(H3,9,10). The van der Waals surface area contributed by atoms with E-state index in [0.717, 1.165) is 12.2 Å². The minimum atomic E-state index is 0.188. The van der Waals surface area contributed by atoms with Gasteiger partial charge in [0.1, 0.15) is 0 Å². The van der Waals surface area contributed by atoms with E-state index in [1.165, 1.54) is 11.8 Å². The molecule has 1 saturated carbocycles. The van der Waals surface area contributed by atoms with Crippen LogP contribution in [0.4, 0.5) is 0 Å². The van der Waals surface area contributed by atoms with Crippen molar-refractivity contribution in [3.8, 4) is 6.07 Å². The first kappa shape index (κ1) is 8.41. The minimum Gasteiger partial charge on any atom is -0.379 e.